The number of rotatable bonds is 5. The SMILES string of the molecule is NC(=O)CSc1sc(C(N)=O)c(N)c1C(N)=O. The molecule has 0 aromatic carbocycles. The van der Waals surface area contributed by atoms with Crippen molar-refractivity contribution in [3.05, 3.63) is 10.4 Å². The third-order valence-electron chi connectivity index (χ3n) is 1.73. The highest BCUT2D eigenvalue weighted by Gasteiger charge is 2.23. The molecule has 17 heavy (non-hydrogen) atoms. The van der Waals surface area contributed by atoms with Crippen LogP contribution in [-0.2, 0) is 4.79 Å². The van der Waals surface area contributed by atoms with Crippen LogP contribution < -0.4 is 22.9 Å². The van der Waals surface area contributed by atoms with E-state index in [1.807, 2.05) is 0 Å². The molecule has 1 aromatic rings. The molecule has 0 saturated carbocycles. The Balaban J connectivity index is 3.19. The summed E-state index contributed by atoms with van der Waals surface area (Å²) in [5.74, 6) is -2.13. The van der Waals surface area contributed by atoms with Crippen LogP contribution in [0.2, 0.25) is 0 Å². The molecule has 1 aromatic heterocycles. The standard InChI is InChI=1S/C8H10N4O3S2/c9-2(13)1-16-8-3(6(11)14)4(10)5(17-8)7(12)15/h1,10H2,(H2,9,13)(H2,11,14)(H2,12,15). The van der Waals surface area contributed by atoms with Crippen molar-refractivity contribution in [1.29, 1.82) is 0 Å². The predicted molar refractivity (Wildman–Crippen MR) is 65.7 cm³/mol. The molecule has 0 atom stereocenters. The lowest BCUT2D eigenvalue weighted by atomic mass is 10.2. The van der Waals surface area contributed by atoms with Crippen molar-refractivity contribution >= 4 is 46.5 Å². The first-order valence-corrected chi connectivity index (χ1v) is 6.07. The van der Waals surface area contributed by atoms with E-state index < -0.39 is 17.7 Å². The van der Waals surface area contributed by atoms with Crippen LogP contribution in [0.25, 0.3) is 0 Å². The van der Waals surface area contributed by atoms with Gasteiger partial charge in [-0.3, -0.25) is 14.4 Å². The summed E-state index contributed by atoms with van der Waals surface area (Å²) in [6.07, 6.45) is 0. The molecule has 1 rings (SSSR count). The summed E-state index contributed by atoms with van der Waals surface area (Å²) in [6.45, 7) is 0. The zero-order valence-corrected chi connectivity index (χ0v) is 10.2. The van der Waals surface area contributed by atoms with Crippen LogP contribution in [0.1, 0.15) is 20.0 Å². The van der Waals surface area contributed by atoms with E-state index in [2.05, 4.69) is 0 Å². The number of anilines is 1. The van der Waals surface area contributed by atoms with Gasteiger partial charge in [0.15, 0.2) is 0 Å². The minimum Gasteiger partial charge on any atom is -0.397 e. The van der Waals surface area contributed by atoms with Crippen molar-refractivity contribution < 1.29 is 14.4 Å². The maximum absolute atomic E-state index is 11.2. The van der Waals surface area contributed by atoms with Crippen LogP contribution in [0.3, 0.4) is 0 Å². The molecule has 7 nitrogen and oxygen atoms in total. The average molecular weight is 274 g/mol. The summed E-state index contributed by atoms with van der Waals surface area (Å²) >= 11 is 1.91. The molecule has 0 radical (unpaired) electrons. The van der Waals surface area contributed by atoms with Crippen molar-refractivity contribution in [3.63, 3.8) is 0 Å². The number of carbonyl (C=O) groups is 3. The van der Waals surface area contributed by atoms with Crippen molar-refractivity contribution in [3.8, 4) is 0 Å². The zero-order chi connectivity index (χ0) is 13.2. The summed E-state index contributed by atoms with van der Waals surface area (Å²) in [5.41, 5.74) is 20.8. The molecule has 3 amide bonds. The number of carbonyl (C=O) groups excluding carboxylic acids is 3. The first-order chi connectivity index (χ1) is 7.84. The number of thiophene rings is 1. The molecule has 0 saturated heterocycles. The molecule has 1 heterocycles. The van der Waals surface area contributed by atoms with E-state index in [0.717, 1.165) is 23.1 Å². The Kier molecular flexibility index (Phi) is 3.97. The van der Waals surface area contributed by atoms with Crippen LogP contribution in [0.15, 0.2) is 4.21 Å². The fourth-order valence-corrected chi connectivity index (χ4v) is 3.18. The molecule has 0 bridgehead atoms. The van der Waals surface area contributed by atoms with Gasteiger partial charge in [-0.2, -0.15) is 0 Å². The van der Waals surface area contributed by atoms with E-state index in [-0.39, 0.29) is 21.9 Å². The van der Waals surface area contributed by atoms with Gasteiger partial charge in [-0.15, -0.1) is 23.1 Å². The molecule has 0 aliphatic carbocycles. The van der Waals surface area contributed by atoms with Gasteiger partial charge in [0, 0.05) is 0 Å². The van der Waals surface area contributed by atoms with Crippen LogP contribution in [0, 0.1) is 0 Å². The molecule has 0 aliphatic rings. The van der Waals surface area contributed by atoms with Crippen LogP contribution in [0.4, 0.5) is 5.69 Å². The van der Waals surface area contributed by atoms with Crippen LogP contribution in [0.5, 0.6) is 0 Å². The summed E-state index contributed by atoms with van der Waals surface area (Å²) in [5, 5.41) is 0. The maximum atomic E-state index is 11.2. The fourth-order valence-electron chi connectivity index (χ4n) is 1.08. The Morgan fingerprint density at radius 1 is 1.12 bits per heavy atom. The van der Waals surface area contributed by atoms with Crippen molar-refractivity contribution in [2.24, 2.45) is 17.2 Å². The van der Waals surface area contributed by atoms with Crippen LogP contribution >= 0.6 is 23.1 Å². The molecular weight excluding hydrogens is 264 g/mol. The van der Waals surface area contributed by atoms with Gasteiger partial charge in [0.1, 0.15) is 4.88 Å². The molecule has 9 heteroatoms. The van der Waals surface area contributed by atoms with Crippen molar-refractivity contribution in [1.82, 2.24) is 0 Å². The quantitative estimate of drug-likeness (QED) is 0.512. The second kappa shape index (κ2) is 5.06. The Morgan fingerprint density at radius 2 is 1.71 bits per heavy atom. The lowest BCUT2D eigenvalue weighted by molar-refractivity contribution is -0.115. The largest absolute Gasteiger partial charge is 0.397 e. The highest BCUT2D eigenvalue weighted by molar-refractivity contribution is 8.01. The third kappa shape index (κ3) is 2.88. The summed E-state index contributed by atoms with van der Waals surface area (Å²) in [6, 6.07) is 0. The fraction of sp³-hybridized carbons (Fsp3) is 0.125. The van der Waals surface area contributed by atoms with Crippen LogP contribution in [-0.4, -0.2) is 23.5 Å². The van der Waals surface area contributed by atoms with Gasteiger partial charge in [-0.25, -0.2) is 0 Å². The third-order valence-corrected chi connectivity index (χ3v) is 4.24. The minimum atomic E-state index is -0.779. The highest BCUT2D eigenvalue weighted by Crippen LogP contribution is 2.37. The summed E-state index contributed by atoms with van der Waals surface area (Å²) in [7, 11) is 0. The molecular formula is C8H10N4O3S2. The first-order valence-electron chi connectivity index (χ1n) is 4.27. The van der Waals surface area contributed by atoms with Crippen molar-refractivity contribution in [2.45, 2.75) is 4.21 Å². The summed E-state index contributed by atoms with van der Waals surface area (Å²) < 4.78 is 0.364. The number of nitrogens with two attached hydrogens (primary N) is 4. The van der Waals surface area contributed by atoms with Crippen molar-refractivity contribution in [2.75, 3.05) is 11.5 Å². The minimum absolute atomic E-state index is 0.00931. The van der Waals surface area contributed by atoms with E-state index in [1.165, 1.54) is 0 Å². The van der Waals surface area contributed by atoms with Gasteiger partial charge >= 0.3 is 0 Å². The van der Waals surface area contributed by atoms with Gasteiger partial charge in [-0.05, 0) is 0 Å². The number of nitrogen functional groups attached to an aromatic ring is 1. The van der Waals surface area contributed by atoms with E-state index in [1.54, 1.807) is 0 Å². The molecule has 0 spiro atoms. The van der Waals surface area contributed by atoms with Gasteiger partial charge in [0.25, 0.3) is 11.8 Å². The normalized spacial score (nSPS) is 10.1. The lowest BCUT2D eigenvalue weighted by Gasteiger charge is -1.99. The second-order valence-corrected chi connectivity index (χ2v) is 5.26. The molecule has 0 unspecified atom stereocenters. The smallest absolute Gasteiger partial charge is 0.260 e. The number of primary amides is 3. The second-order valence-electron chi connectivity index (χ2n) is 2.99. The maximum Gasteiger partial charge on any atom is 0.260 e. The molecule has 0 fully saturated rings. The summed E-state index contributed by atoms with van der Waals surface area (Å²) in [4.78, 5) is 32.9. The first kappa shape index (κ1) is 13.3. The number of thioether (sulfide) groups is 1. The number of hydrogen-bond acceptors (Lipinski definition) is 6. The van der Waals surface area contributed by atoms with E-state index in [4.69, 9.17) is 22.9 Å². The average Bonchev–Trinajstić information content (AvgIpc) is 2.52. The van der Waals surface area contributed by atoms with Gasteiger partial charge in [0.05, 0.1) is 21.2 Å². The van der Waals surface area contributed by atoms with Gasteiger partial charge in [-0.1, -0.05) is 0 Å². The monoisotopic (exact) mass is 274 g/mol. The lowest BCUT2D eigenvalue weighted by Crippen LogP contribution is -2.16. The number of hydrogen-bond donors (Lipinski definition) is 4. The Bertz CT molecular complexity index is 497. The van der Waals surface area contributed by atoms with E-state index in [9.17, 15) is 14.4 Å². The predicted octanol–water partition coefficient (Wildman–Crippen LogP) is -0.894. The Hall–Kier alpha value is -1.74. The Morgan fingerprint density at radius 3 is 2.12 bits per heavy atom. The van der Waals surface area contributed by atoms with E-state index >= 15 is 0 Å². The van der Waals surface area contributed by atoms with Gasteiger partial charge in [0.2, 0.25) is 5.91 Å². The highest BCUT2D eigenvalue weighted by atomic mass is 32.2. The molecule has 92 valence electrons. The zero-order valence-electron chi connectivity index (χ0n) is 8.56. The topological polar surface area (TPSA) is 155 Å². The van der Waals surface area contributed by atoms with E-state index in [0.29, 0.717) is 4.21 Å². The molecule has 0 aliphatic heterocycles. The molecule has 8 N–H and O–H groups in total. The Labute approximate surface area is 104 Å². The number of amides is 3. The van der Waals surface area contributed by atoms with Gasteiger partial charge < -0.3 is 22.9 Å².